The highest BCUT2D eigenvalue weighted by Gasteiger charge is 2.18. The fourth-order valence-corrected chi connectivity index (χ4v) is 3.37. The lowest BCUT2D eigenvalue weighted by molar-refractivity contribution is -0.117. The van der Waals surface area contributed by atoms with Crippen LogP contribution in [0.4, 0.5) is 10.5 Å². The van der Waals surface area contributed by atoms with E-state index in [-0.39, 0.29) is 5.91 Å². The van der Waals surface area contributed by atoms with Gasteiger partial charge < -0.3 is 26.8 Å². The van der Waals surface area contributed by atoms with E-state index < -0.39 is 6.09 Å². The predicted octanol–water partition coefficient (Wildman–Crippen LogP) is 2.63. The minimum absolute atomic E-state index is 0.142. The molecular weight excluding hydrogens is 422 g/mol. The van der Waals surface area contributed by atoms with Crippen LogP contribution in [0.1, 0.15) is 65.0 Å². The number of carbonyl (C=O) groups is 2. The number of aromatic nitrogens is 2. The summed E-state index contributed by atoms with van der Waals surface area (Å²) in [5.41, 5.74) is 8.21. The molecule has 1 aliphatic rings. The largest absolute Gasteiger partial charge is 0.465 e. The molecule has 2 heterocycles. The Kier molecular flexibility index (Phi) is 10.4. The molecule has 0 bridgehead atoms. The van der Waals surface area contributed by atoms with Crippen molar-refractivity contribution in [2.24, 2.45) is 16.1 Å². The Bertz CT molecular complexity index is 853. The molecule has 0 unspecified atom stereocenters. The third kappa shape index (κ3) is 10.5. The molecule has 1 aromatic rings. The predicted molar refractivity (Wildman–Crippen MR) is 131 cm³/mol. The average molecular weight is 462 g/mol. The molecule has 0 spiro atoms. The third-order valence-corrected chi connectivity index (χ3v) is 5.22. The Hall–Kier alpha value is -2.88. The van der Waals surface area contributed by atoms with Crippen molar-refractivity contribution in [3.8, 4) is 0 Å². The minimum Gasteiger partial charge on any atom is -0.465 e. The molecule has 1 aliphatic heterocycles. The Labute approximate surface area is 196 Å². The van der Waals surface area contributed by atoms with Crippen molar-refractivity contribution in [3.05, 3.63) is 17.5 Å². The molecule has 0 saturated heterocycles. The number of rotatable bonds is 13. The summed E-state index contributed by atoms with van der Waals surface area (Å²) in [5.74, 6) is 0.245. The van der Waals surface area contributed by atoms with E-state index in [4.69, 9.17) is 10.8 Å². The first kappa shape index (κ1) is 26.4. The van der Waals surface area contributed by atoms with Crippen molar-refractivity contribution >= 4 is 29.6 Å². The first-order valence-corrected chi connectivity index (χ1v) is 11.7. The van der Waals surface area contributed by atoms with Gasteiger partial charge in [0.25, 0.3) is 0 Å². The number of unbranched alkanes of at least 4 members (excludes halogenated alkanes) is 2. The summed E-state index contributed by atoms with van der Waals surface area (Å²) in [6.07, 6.45) is 7.38. The van der Waals surface area contributed by atoms with Gasteiger partial charge in [-0.25, -0.2) is 9.79 Å². The number of carbonyl (C=O) groups excluding carboxylic acids is 1. The lowest BCUT2D eigenvalue weighted by Crippen LogP contribution is -2.30. The van der Waals surface area contributed by atoms with Crippen LogP contribution in [-0.2, 0) is 11.3 Å². The van der Waals surface area contributed by atoms with Gasteiger partial charge in [-0.15, -0.1) is 0 Å². The maximum atomic E-state index is 12.7. The molecule has 0 fully saturated rings. The zero-order valence-electron chi connectivity index (χ0n) is 20.1. The van der Waals surface area contributed by atoms with E-state index in [0.29, 0.717) is 54.3 Å². The van der Waals surface area contributed by atoms with Gasteiger partial charge in [-0.05, 0) is 56.7 Å². The molecule has 2 rings (SSSR count). The van der Waals surface area contributed by atoms with E-state index in [9.17, 15) is 9.59 Å². The number of nitrogens with two attached hydrogens (primary N) is 1. The van der Waals surface area contributed by atoms with Crippen LogP contribution < -0.4 is 21.7 Å². The van der Waals surface area contributed by atoms with Crippen molar-refractivity contribution in [1.29, 1.82) is 0 Å². The fraction of sp³-hybridized carbons (Fsp3) is 0.652. The standard InChI is InChI=1S/C23H39N7O3/c1-23(2,3)8-12-25-9-7-11-26-21(31)17-14-18-19(28-20(24)15-17)16-30(29-18)13-6-4-5-10-27-22(32)33/h14,16,25,27H,4-13,15H2,1-3H3,(H2,24,28)(H,26,31)(H,32,33). The Morgan fingerprint density at radius 1 is 1.09 bits per heavy atom. The summed E-state index contributed by atoms with van der Waals surface area (Å²) in [6, 6.07) is 0. The van der Waals surface area contributed by atoms with Crippen LogP contribution in [0.5, 0.6) is 0 Å². The Balaban J connectivity index is 1.79. The molecule has 33 heavy (non-hydrogen) atoms. The van der Waals surface area contributed by atoms with Gasteiger partial charge in [0, 0.05) is 31.6 Å². The highest BCUT2D eigenvalue weighted by Crippen LogP contribution is 2.25. The second kappa shape index (κ2) is 13.0. The van der Waals surface area contributed by atoms with E-state index in [0.717, 1.165) is 45.2 Å². The molecule has 0 saturated carbocycles. The lowest BCUT2D eigenvalue weighted by Gasteiger charge is -2.18. The summed E-state index contributed by atoms with van der Waals surface area (Å²) < 4.78 is 1.80. The average Bonchev–Trinajstić information content (AvgIpc) is 3.01. The Morgan fingerprint density at radius 2 is 1.85 bits per heavy atom. The van der Waals surface area contributed by atoms with Crippen LogP contribution >= 0.6 is 0 Å². The number of hydrogen-bond donors (Lipinski definition) is 5. The molecule has 0 aromatic carbocycles. The first-order valence-electron chi connectivity index (χ1n) is 11.7. The molecule has 10 heteroatoms. The minimum atomic E-state index is -0.999. The second-order valence-electron chi connectivity index (χ2n) is 9.57. The zero-order valence-corrected chi connectivity index (χ0v) is 20.1. The lowest BCUT2D eigenvalue weighted by atomic mass is 9.92. The van der Waals surface area contributed by atoms with E-state index in [1.54, 1.807) is 10.8 Å². The van der Waals surface area contributed by atoms with E-state index in [1.807, 2.05) is 6.20 Å². The molecular formula is C23H39N7O3. The van der Waals surface area contributed by atoms with Crippen molar-refractivity contribution < 1.29 is 14.7 Å². The number of carboxylic acid groups (broad SMARTS) is 1. The molecule has 6 N–H and O–H groups in total. The van der Waals surface area contributed by atoms with E-state index >= 15 is 0 Å². The zero-order chi connectivity index (χ0) is 24.3. The van der Waals surface area contributed by atoms with Crippen molar-refractivity contribution in [1.82, 2.24) is 25.7 Å². The maximum absolute atomic E-state index is 12.7. The monoisotopic (exact) mass is 461 g/mol. The van der Waals surface area contributed by atoms with Crippen molar-refractivity contribution in [3.63, 3.8) is 0 Å². The van der Waals surface area contributed by atoms with Gasteiger partial charge in [0.2, 0.25) is 5.91 Å². The molecule has 0 atom stereocenters. The highest BCUT2D eigenvalue weighted by molar-refractivity contribution is 6.05. The van der Waals surface area contributed by atoms with Crippen LogP contribution in [0.15, 0.2) is 16.8 Å². The summed E-state index contributed by atoms with van der Waals surface area (Å²) in [5, 5.41) is 21.9. The highest BCUT2D eigenvalue weighted by atomic mass is 16.4. The molecule has 0 aliphatic carbocycles. The van der Waals surface area contributed by atoms with Gasteiger partial charge in [-0.1, -0.05) is 20.8 Å². The van der Waals surface area contributed by atoms with Gasteiger partial charge in [0.1, 0.15) is 17.2 Å². The molecule has 0 radical (unpaired) electrons. The summed E-state index contributed by atoms with van der Waals surface area (Å²) in [4.78, 5) is 27.5. The van der Waals surface area contributed by atoms with Crippen LogP contribution in [0, 0.1) is 5.41 Å². The molecule has 1 aromatic heterocycles. The molecule has 10 nitrogen and oxygen atoms in total. The quantitative estimate of drug-likeness (QED) is 0.285. The number of aliphatic imine (C=N–C) groups is 1. The van der Waals surface area contributed by atoms with E-state index in [1.165, 1.54) is 0 Å². The van der Waals surface area contributed by atoms with Gasteiger partial charge in [-0.2, -0.15) is 5.10 Å². The normalized spacial score (nSPS) is 13.5. The number of nitrogens with zero attached hydrogens (tertiary/aromatic N) is 3. The summed E-state index contributed by atoms with van der Waals surface area (Å²) in [6.45, 7) is 10.2. The maximum Gasteiger partial charge on any atom is 0.404 e. The number of amidine groups is 1. The first-order chi connectivity index (χ1) is 15.6. The summed E-state index contributed by atoms with van der Waals surface area (Å²) in [7, 11) is 0. The van der Waals surface area contributed by atoms with Crippen LogP contribution in [0.25, 0.3) is 6.08 Å². The Morgan fingerprint density at radius 3 is 2.58 bits per heavy atom. The van der Waals surface area contributed by atoms with Gasteiger partial charge in [-0.3, -0.25) is 9.48 Å². The number of aryl methyl sites for hydroxylation is 1. The summed E-state index contributed by atoms with van der Waals surface area (Å²) >= 11 is 0. The van der Waals surface area contributed by atoms with E-state index in [2.05, 4.69) is 46.8 Å². The smallest absolute Gasteiger partial charge is 0.404 e. The molecule has 184 valence electrons. The number of amides is 2. The van der Waals surface area contributed by atoms with Crippen molar-refractivity contribution in [2.75, 3.05) is 26.2 Å². The SMILES string of the molecule is CC(C)(C)CCNCCCNC(=O)C1=Cc2nn(CCCCCNC(=O)O)cc2N=C(N)C1. The van der Waals surface area contributed by atoms with Gasteiger partial charge in [0.05, 0.1) is 6.20 Å². The van der Waals surface area contributed by atoms with Crippen LogP contribution in [-0.4, -0.2) is 58.9 Å². The fourth-order valence-electron chi connectivity index (χ4n) is 3.37. The van der Waals surface area contributed by atoms with Gasteiger partial charge >= 0.3 is 6.09 Å². The topological polar surface area (TPSA) is 147 Å². The van der Waals surface area contributed by atoms with Crippen molar-refractivity contribution in [2.45, 2.75) is 65.8 Å². The molecule has 2 amide bonds. The van der Waals surface area contributed by atoms with Crippen LogP contribution in [0.3, 0.4) is 0 Å². The third-order valence-electron chi connectivity index (χ3n) is 5.22. The number of hydrogen-bond acceptors (Lipinski definition) is 6. The van der Waals surface area contributed by atoms with Crippen LogP contribution in [0.2, 0.25) is 0 Å². The second-order valence-corrected chi connectivity index (χ2v) is 9.57. The number of fused-ring (bicyclic) bond motifs is 1. The number of nitrogens with one attached hydrogen (secondary N) is 3. The van der Waals surface area contributed by atoms with Gasteiger partial charge in [0.15, 0.2) is 0 Å².